The maximum Gasteiger partial charge on any atom is 0.255 e. The Labute approximate surface area is 185 Å². The van der Waals surface area contributed by atoms with Gasteiger partial charge in [0.1, 0.15) is 12.4 Å². The fourth-order valence-electron chi connectivity index (χ4n) is 3.41. The van der Waals surface area contributed by atoms with Crippen molar-refractivity contribution in [2.24, 2.45) is 0 Å². The van der Waals surface area contributed by atoms with Gasteiger partial charge in [0.25, 0.3) is 5.91 Å². The number of piperidine rings is 1. The summed E-state index contributed by atoms with van der Waals surface area (Å²) in [5.74, 6) is -1.53. The molecule has 2 aromatic carbocycles. The topological polar surface area (TPSA) is 86.8 Å². The van der Waals surface area contributed by atoms with Gasteiger partial charge in [-0.2, -0.15) is 0 Å². The van der Waals surface area contributed by atoms with Crippen LogP contribution in [0.3, 0.4) is 0 Å². The van der Waals surface area contributed by atoms with Crippen LogP contribution in [0, 0.1) is 5.82 Å². The number of nitrogens with one attached hydrogen (secondary N) is 1. The number of carbonyl (C=O) groups excluding carboxylic acids is 2. The molecular weight excluding hydrogens is 445 g/mol. The van der Waals surface area contributed by atoms with Gasteiger partial charge in [0.05, 0.1) is 28.2 Å². The maximum absolute atomic E-state index is 13.5. The Balaban J connectivity index is 1.80. The summed E-state index contributed by atoms with van der Waals surface area (Å²) in [6.45, 7) is 0.760. The molecule has 0 saturated carbocycles. The number of amides is 2. The zero-order chi connectivity index (χ0) is 22.6. The Kier molecular flexibility index (Phi) is 7.17. The molecule has 0 unspecified atom stereocenters. The molecule has 0 aliphatic carbocycles. The Hall–Kier alpha value is -2.65. The zero-order valence-electron chi connectivity index (χ0n) is 17.0. The third kappa shape index (κ3) is 5.74. The molecule has 1 aliphatic heterocycles. The predicted octanol–water partition coefficient (Wildman–Crippen LogP) is 3.51. The van der Waals surface area contributed by atoms with Crippen molar-refractivity contribution in [3.05, 3.63) is 58.9 Å². The minimum Gasteiger partial charge on any atom is -0.339 e. The van der Waals surface area contributed by atoms with Crippen LogP contribution in [-0.4, -0.2) is 51.0 Å². The number of carbonyl (C=O) groups is 2. The molecule has 1 fully saturated rings. The van der Waals surface area contributed by atoms with Crippen molar-refractivity contribution < 1.29 is 22.4 Å². The highest BCUT2D eigenvalue weighted by Gasteiger charge is 2.24. The molecule has 2 amide bonds. The van der Waals surface area contributed by atoms with Crippen molar-refractivity contribution >= 4 is 44.8 Å². The molecule has 0 aromatic heterocycles. The second-order valence-corrected chi connectivity index (χ2v) is 9.63. The highest BCUT2D eigenvalue weighted by Crippen LogP contribution is 2.25. The number of para-hydroxylation sites is 1. The van der Waals surface area contributed by atoms with Crippen LogP contribution in [0.1, 0.15) is 29.6 Å². The van der Waals surface area contributed by atoms with Crippen molar-refractivity contribution in [1.29, 1.82) is 0 Å². The van der Waals surface area contributed by atoms with E-state index in [1.165, 1.54) is 6.07 Å². The zero-order valence-corrected chi connectivity index (χ0v) is 18.5. The summed E-state index contributed by atoms with van der Waals surface area (Å²) in [6.07, 6.45) is 3.88. The molecule has 0 radical (unpaired) electrons. The van der Waals surface area contributed by atoms with Gasteiger partial charge in [0, 0.05) is 13.1 Å². The number of halogens is 2. The van der Waals surface area contributed by atoms with E-state index in [1.54, 1.807) is 29.2 Å². The number of hydrogen-bond donors (Lipinski definition) is 1. The Morgan fingerprint density at radius 3 is 2.45 bits per heavy atom. The van der Waals surface area contributed by atoms with Crippen LogP contribution < -0.4 is 9.62 Å². The molecule has 1 heterocycles. The lowest BCUT2D eigenvalue weighted by molar-refractivity contribution is -0.114. The number of hydrogen-bond acceptors (Lipinski definition) is 4. The number of nitrogens with zero attached hydrogens (tertiary/aromatic N) is 2. The van der Waals surface area contributed by atoms with Crippen molar-refractivity contribution in [3.63, 3.8) is 0 Å². The van der Waals surface area contributed by atoms with Crippen molar-refractivity contribution in [3.8, 4) is 0 Å². The van der Waals surface area contributed by atoms with Crippen LogP contribution in [0.15, 0.2) is 42.5 Å². The van der Waals surface area contributed by atoms with Gasteiger partial charge in [-0.3, -0.25) is 13.9 Å². The normalized spacial score (nSPS) is 14.2. The van der Waals surface area contributed by atoms with Gasteiger partial charge in [-0.1, -0.05) is 23.7 Å². The van der Waals surface area contributed by atoms with Crippen LogP contribution in [0.2, 0.25) is 5.02 Å². The summed E-state index contributed by atoms with van der Waals surface area (Å²) in [5, 5.41) is 2.37. The second kappa shape index (κ2) is 9.65. The molecule has 1 saturated heterocycles. The summed E-state index contributed by atoms with van der Waals surface area (Å²) in [7, 11) is -3.86. The van der Waals surface area contributed by atoms with E-state index in [-0.39, 0.29) is 16.6 Å². The predicted molar refractivity (Wildman–Crippen MR) is 118 cm³/mol. The molecule has 0 bridgehead atoms. The number of rotatable bonds is 6. The Morgan fingerprint density at radius 1 is 1.13 bits per heavy atom. The minimum absolute atomic E-state index is 0.0572. The molecule has 3 rings (SSSR count). The molecule has 166 valence electrons. The van der Waals surface area contributed by atoms with Gasteiger partial charge in [0.15, 0.2) is 0 Å². The van der Waals surface area contributed by atoms with Gasteiger partial charge in [-0.25, -0.2) is 12.8 Å². The smallest absolute Gasteiger partial charge is 0.255 e. The van der Waals surface area contributed by atoms with Crippen LogP contribution in [-0.2, 0) is 14.8 Å². The number of benzene rings is 2. The van der Waals surface area contributed by atoms with Crippen molar-refractivity contribution in [2.75, 3.05) is 35.5 Å². The van der Waals surface area contributed by atoms with E-state index in [9.17, 15) is 22.4 Å². The third-order valence-corrected chi connectivity index (χ3v) is 6.38. The van der Waals surface area contributed by atoms with Crippen LogP contribution in [0.25, 0.3) is 0 Å². The fourth-order valence-corrected chi connectivity index (χ4v) is 4.43. The average Bonchev–Trinajstić information content (AvgIpc) is 2.74. The largest absolute Gasteiger partial charge is 0.339 e. The molecule has 31 heavy (non-hydrogen) atoms. The molecule has 0 spiro atoms. The average molecular weight is 468 g/mol. The second-order valence-electron chi connectivity index (χ2n) is 7.31. The molecule has 1 N–H and O–H groups in total. The van der Waals surface area contributed by atoms with Gasteiger partial charge in [0.2, 0.25) is 15.9 Å². The fraction of sp³-hybridized carbons (Fsp3) is 0.333. The lowest BCUT2D eigenvalue weighted by Crippen LogP contribution is -2.38. The molecule has 0 atom stereocenters. The highest BCUT2D eigenvalue weighted by molar-refractivity contribution is 7.92. The Morgan fingerprint density at radius 2 is 1.81 bits per heavy atom. The molecule has 7 nitrogen and oxygen atoms in total. The molecule has 10 heteroatoms. The molecule has 2 aromatic rings. The van der Waals surface area contributed by atoms with E-state index in [0.29, 0.717) is 24.3 Å². The third-order valence-electron chi connectivity index (χ3n) is 4.95. The summed E-state index contributed by atoms with van der Waals surface area (Å²) in [4.78, 5) is 27.3. The first-order valence-corrected chi connectivity index (χ1v) is 12.0. The van der Waals surface area contributed by atoms with E-state index in [2.05, 4.69) is 5.32 Å². The SMILES string of the molecule is CS(=O)(=O)N(CC(=O)Nc1ccccc1C(=O)N1CCCCC1)c1ccc(F)c(Cl)c1. The number of anilines is 2. The van der Waals surface area contributed by atoms with Crippen molar-refractivity contribution in [2.45, 2.75) is 19.3 Å². The quantitative estimate of drug-likeness (QED) is 0.704. The summed E-state index contributed by atoms with van der Waals surface area (Å²) < 4.78 is 38.8. The van der Waals surface area contributed by atoms with E-state index < -0.39 is 28.3 Å². The first-order chi connectivity index (χ1) is 14.7. The standard InChI is InChI=1S/C21H23ClFN3O4S/c1-31(29,30)26(15-9-10-18(23)17(22)13-15)14-20(27)24-19-8-4-3-7-16(19)21(28)25-11-5-2-6-12-25/h3-4,7-10,13H,2,5-6,11-12,14H2,1H3,(H,24,27). The molecular formula is C21H23ClFN3O4S. The van der Waals surface area contributed by atoms with Gasteiger partial charge in [-0.15, -0.1) is 0 Å². The van der Waals surface area contributed by atoms with E-state index in [1.807, 2.05) is 0 Å². The first kappa shape index (κ1) is 23.0. The summed E-state index contributed by atoms with van der Waals surface area (Å²) in [6, 6.07) is 9.99. The van der Waals surface area contributed by atoms with Crippen LogP contribution >= 0.6 is 11.6 Å². The monoisotopic (exact) mass is 467 g/mol. The Bertz CT molecular complexity index is 1090. The first-order valence-electron chi connectivity index (χ1n) is 9.78. The van der Waals surface area contributed by atoms with Crippen LogP contribution in [0.5, 0.6) is 0 Å². The number of sulfonamides is 1. The van der Waals surface area contributed by atoms with Gasteiger partial charge in [-0.05, 0) is 49.6 Å². The lowest BCUT2D eigenvalue weighted by Gasteiger charge is -2.27. The van der Waals surface area contributed by atoms with E-state index in [0.717, 1.165) is 42.0 Å². The maximum atomic E-state index is 13.5. The van der Waals surface area contributed by atoms with Gasteiger partial charge >= 0.3 is 0 Å². The summed E-state index contributed by atoms with van der Waals surface area (Å²) >= 11 is 5.76. The van der Waals surface area contributed by atoms with Crippen molar-refractivity contribution in [1.82, 2.24) is 4.90 Å². The lowest BCUT2D eigenvalue weighted by atomic mass is 10.1. The number of likely N-dealkylation sites (tertiary alicyclic amines) is 1. The minimum atomic E-state index is -3.86. The van der Waals surface area contributed by atoms with Crippen LogP contribution in [0.4, 0.5) is 15.8 Å². The van der Waals surface area contributed by atoms with E-state index >= 15 is 0 Å². The summed E-state index contributed by atoms with van der Waals surface area (Å²) in [5.41, 5.74) is 0.698. The molecule has 1 aliphatic rings. The van der Waals surface area contributed by atoms with E-state index in [4.69, 9.17) is 11.6 Å². The van der Waals surface area contributed by atoms with Gasteiger partial charge < -0.3 is 10.2 Å². The highest BCUT2D eigenvalue weighted by atomic mass is 35.5.